The summed E-state index contributed by atoms with van der Waals surface area (Å²) in [6, 6.07) is 6.92. The average Bonchev–Trinajstić information content (AvgIpc) is 2.18. The van der Waals surface area contributed by atoms with E-state index in [0.717, 1.165) is 0 Å². The van der Waals surface area contributed by atoms with Crippen LogP contribution in [0, 0.1) is 0 Å². The van der Waals surface area contributed by atoms with Crippen LogP contribution in [0.3, 0.4) is 0 Å². The van der Waals surface area contributed by atoms with E-state index in [1.165, 1.54) is 20.1 Å². The Bertz CT molecular complexity index is 418. The van der Waals surface area contributed by atoms with Gasteiger partial charge in [-0.1, -0.05) is 18.2 Å². The fourth-order valence-electron chi connectivity index (χ4n) is 0.832. The molecular formula is C7H9BN2O3S. The Balaban J connectivity index is 2.93. The van der Waals surface area contributed by atoms with Gasteiger partial charge >= 0.3 is 6.03 Å². The molecule has 5 nitrogen and oxygen atoms in total. The van der Waals surface area contributed by atoms with E-state index < -0.39 is 16.1 Å². The van der Waals surface area contributed by atoms with E-state index in [-0.39, 0.29) is 4.90 Å². The van der Waals surface area contributed by atoms with Gasteiger partial charge in [0, 0.05) is 0 Å². The molecule has 0 aliphatic carbocycles. The first-order valence-electron chi connectivity index (χ1n) is 3.86. The molecule has 1 aromatic rings. The molecule has 0 saturated heterocycles. The molecule has 0 unspecified atom stereocenters. The molecule has 0 aliphatic heterocycles. The summed E-state index contributed by atoms with van der Waals surface area (Å²) in [5.74, 6) is 0. The molecule has 0 fully saturated rings. The van der Waals surface area contributed by atoms with Crippen molar-refractivity contribution < 1.29 is 13.2 Å². The van der Waals surface area contributed by atoms with Crippen LogP contribution in [0.1, 0.15) is 0 Å². The molecule has 0 atom stereocenters. The minimum atomic E-state index is -3.73. The molecule has 0 aromatic heterocycles. The third-order valence-electron chi connectivity index (χ3n) is 1.51. The highest BCUT2D eigenvalue weighted by Gasteiger charge is 2.15. The van der Waals surface area contributed by atoms with Gasteiger partial charge in [-0.05, 0) is 12.1 Å². The summed E-state index contributed by atoms with van der Waals surface area (Å²) in [5.41, 5.74) is 0. The SMILES string of the molecule is BNC(=O)NS(=O)(=O)c1ccccc1. The number of rotatable bonds is 2. The lowest BCUT2D eigenvalue weighted by atomic mass is 10.4. The van der Waals surface area contributed by atoms with Gasteiger partial charge in [-0.25, -0.2) is 17.9 Å². The maximum absolute atomic E-state index is 11.4. The summed E-state index contributed by atoms with van der Waals surface area (Å²) in [5, 5.41) is 2.16. The zero-order chi connectivity index (χ0) is 10.6. The van der Waals surface area contributed by atoms with Crippen LogP contribution in [0.4, 0.5) is 4.79 Å². The van der Waals surface area contributed by atoms with E-state index in [0.29, 0.717) is 0 Å². The van der Waals surface area contributed by atoms with Crippen LogP contribution >= 0.6 is 0 Å². The van der Waals surface area contributed by atoms with Crippen LogP contribution in [0.25, 0.3) is 0 Å². The van der Waals surface area contributed by atoms with Gasteiger partial charge in [-0.15, -0.1) is 0 Å². The summed E-state index contributed by atoms with van der Waals surface area (Å²) >= 11 is 0. The maximum atomic E-state index is 11.4. The summed E-state index contributed by atoms with van der Waals surface area (Å²) < 4.78 is 24.7. The number of hydrogen-bond acceptors (Lipinski definition) is 3. The highest BCUT2D eigenvalue weighted by atomic mass is 32.2. The lowest BCUT2D eigenvalue weighted by molar-refractivity contribution is 0.251. The van der Waals surface area contributed by atoms with Gasteiger partial charge in [0.05, 0.1) is 4.90 Å². The van der Waals surface area contributed by atoms with E-state index in [1.807, 2.05) is 4.72 Å². The van der Waals surface area contributed by atoms with Crippen LogP contribution in [0.2, 0.25) is 0 Å². The predicted octanol–water partition coefficient (Wildman–Crippen LogP) is -0.777. The predicted molar refractivity (Wildman–Crippen MR) is 53.8 cm³/mol. The van der Waals surface area contributed by atoms with Crippen molar-refractivity contribution in [3.63, 3.8) is 0 Å². The summed E-state index contributed by atoms with van der Waals surface area (Å²) in [6.07, 6.45) is 0. The fraction of sp³-hybridized carbons (Fsp3) is 0. The number of urea groups is 1. The number of carbonyl (C=O) groups is 1. The van der Waals surface area contributed by atoms with Crippen molar-refractivity contribution in [1.29, 1.82) is 0 Å². The van der Waals surface area contributed by atoms with E-state index >= 15 is 0 Å². The van der Waals surface area contributed by atoms with Crippen molar-refractivity contribution in [2.75, 3.05) is 0 Å². The normalized spacial score (nSPS) is 10.6. The minimum absolute atomic E-state index is 0.0589. The highest BCUT2D eigenvalue weighted by molar-refractivity contribution is 7.90. The topological polar surface area (TPSA) is 75.3 Å². The molecule has 0 heterocycles. The van der Waals surface area contributed by atoms with Crippen LogP contribution in [-0.2, 0) is 10.0 Å². The molecule has 0 radical (unpaired) electrons. The lowest BCUT2D eigenvalue weighted by Crippen LogP contribution is -2.38. The molecule has 7 heteroatoms. The van der Waals surface area contributed by atoms with Crippen molar-refractivity contribution in [1.82, 2.24) is 9.95 Å². The molecule has 74 valence electrons. The van der Waals surface area contributed by atoms with E-state index in [4.69, 9.17) is 0 Å². The summed E-state index contributed by atoms with van der Waals surface area (Å²) in [6.45, 7) is 0. The minimum Gasteiger partial charge on any atom is -0.388 e. The Morgan fingerprint density at radius 2 is 1.79 bits per heavy atom. The Labute approximate surface area is 83.0 Å². The molecule has 0 spiro atoms. The largest absolute Gasteiger partial charge is 0.388 e. The quantitative estimate of drug-likeness (QED) is 0.631. The maximum Gasteiger partial charge on any atom is 0.316 e. The highest BCUT2D eigenvalue weighted by Crippen LogP contribution is 2.06. The van der Waals surface area contributed by atoms with Crippen LogP contribution in [0.15, 0.2) is 35.2 Å². The first-order chi connectivity index (χ1) is 6.56. The number of nitrogens with one attached hydrogen (secondary N) is 2. The first kappa shape index (κ1) is 10.6. The first-order valence-corrected chi connectivity index (χ1v) is 5.34. The third kappa shape index (κ3) is 2.49. The molecular weight excluding hydrogens is 203 g/mol. The number of benzene rings is 1. The van der Waals surface area contributed by atoms with Crippen LogP contribution < -0.4 is 9.95 Å². The number of sulfonamides is 1. The van der Waals surface area contributed by atoms with Crippen molar-refractivity contribution in [2.24, 2.45) is 0 Å². The molecule has 0 bridgehead atoms. The molecule has 14 heavy (non-hydrogen) atoms. The van der Waals surface area contributed by atoms with E-state index in [9.17, 15) is 13.2 Å². The van der Waals surface area contributed by atoms with Crippen LogP contribution in [-0.4, -0.2) is 22.4 Å². The Morgan fingerprint density at radius 3 is 2.29 bits per heavy atom. The third-order valence-corrected chi connectivity index (χ3v) is 2.85. The zero-order valence-corrected chi connectivity index (χ0v) is 8.34. The Hall–Kier alpha value is -1.50. The fourth-order valence-corrected chi connectivity index (χ4v) is 1.81. The van der Waals surface area contributed by atoms with Gasteiger partial charge in [0.15, 0.2) is 0 Å². The van der Waals surface area contributed by atoms with Crippen LogP contribution in [0.5, 0.6) is 0 Å². The smallest absolute Gasteiger partial charge is 0.316 e. The molecule has 1 rings (SSSR count). The van der Waals surface area contributed by atoms with Gasteiger partial charge in [-0.2, -0.15) is 0 Å². The Kier molecular flexibility index (Phi) is 3.13. The lowest BCUT2D eigenvalue weighted by Gasteiger charge is -2.05. The van der Waals surface area contributed by atoms with Gasteiger partial charge < -0.3 is 5.23 Å². The second-order valence-electron chi connectivity index (χ2n) is 2.50. The monoisotopic (exact) mass is 212 g/mol. The van der Waals surface area contributed by atoms with Gasteiger partial charge in [-0.3, -0.25) is 0 Å². The number of amides is 2. The molecule has 2 N–H and O–H groups in total. The van der Waals surface area contributed by atoms with Gasteiger partial charge in [0.2, 0.25) is 7.98 Å². The van der Waals surface area contributed by atoms with Crippen molar-refractivity contribution in [3.8, 4) is 0 Å². The molecule has 2 amide bonds. The summed E-state index contributed by atoms with van der Waals surface area (Å²) in [4.78, 5) is 10.9. The summed E-state index contributed by atoms with van der Waals surface area (Å²) in [7, 11) is -2.39. The zero-order valence-electron chi connectivity index (χ0n) is 7.52. The van der Waals surface area contributed by atoms with Gasteiger partial charge in [0.25, 0.3) is 10.0 Å². The van der Waals surface area contributed by atoms with Crippen molar-refractivity contribution in [3.05, 3.63) is 30.3 Å². The molecule has 1 aromatic carbocycles. The van der Waals surface area contributed by atoms with E-state index in [1.54, 1.807) is 18.2 Å². The van der Waals surface area contributed by atoms with Gasteiger partial charge in [0.1, 0.15) is 0 Å². The van der Waals surface area contributed by atoms with Crippen molar-refractivity contribution >= 4 is 24.0 Å². The molecule has 0 aliphatic rings. The number of carbonyl (C=O) groups excluding carboxylic acids is 1. The second-order valence-corrected chi connectivity index (χ2v) is 4.18. The Morgan fingerprint density at radius 1 is 1.21 bits per heavy atom. The van der Waals surface area contributed by atoms with Crippen molar-refractivity contribution in [2.45, 2.75) is 4.90 Å². The average molecular weight is 212 g/mol. The second kappa shape index (κ2) is 4.14. The standard InChI is InChI=1S/C7H9BN2O3S/c8-9-7(11)10-14(12,13)6-4-2-1-3-5-6/h1-5H,8H2,(H2,9,10,11). The number of hydrogen-bond donors (Lipinski definition) is 2. The molecule has 0 saturated carbocycles. The van der Waals surface area contributed by atoms with E-state index in [2.05, 4.69) is 5.23 Å².